The van der Waals surface area contributed by atoms with Gasteiger partial charge < -0.3 is 19.3 Å². The molecule has 0 radical (unpaired) electrons. The smallest absolute Gasteiger partial charge is 0.382 e. The van der Waals surface area contributed by atoms with Gasteiger partial charge in [0.15, 0.2) is 6.23 Å². The van der Waals surface area contributed by atoms with E-state index in [1.165, 1.54) is 17.1 Å². The van der Waals surface area contributed by atoms with Crippen molar-refractivity contribution in [3.05, 3.63) is 74.4 Å². The van der Waals surface area contributed by atoms with Crippen LogP contribution in [-0.4, -0.2) is 37.6 Å². The topological polar surface area (TPSA) is 85.4 Å². The highest BCUT2D eigenvalue weighted by molar-refractivity contribution is 6.33. The first-order chi connectivity index (χ1) is 17.1. The number of ether oxygens (including phenoxy) is 1. The van der Waals surface area contributed by atoms with E-state index in [0.29, 0.717) is 49.3 Å². The van der Waals surface area contributed by atoms with Gasteiger partial charge in [0.05, 0.1) is 35.9 Å². The van der Waals surface area contributed by atoms with Crippen LogP contribution >= 0.6 is 11.6 Å². The Morgan fingerprint density at radius 3 is 2.72 bits per heavy atom. The van der Waals surface area contributed by atoms with Crippen LogP contribution < -0.4 is 10.5 Å². The Morgan fingerprint density at radius 1 is 1.19 bits per heavy atom. The summed E-state index contributed by atoms with van der Waals surface area (Å²) in [6.45, 7) is 1.36. The van der Waals surface area contributed by atoms with Crippen LogP contribution in [0.25, 0.3) is 0 Å². The molecule has 0 amide bonds. The van der Waals surface area contributed by atoms with Gasteiger partial charge in [-0.25, -0.2) is 9.37 Å². The quantitative estimate of drug-likeness (QED) is 0.515. The van der Waals surface area contributed by atoms with E-state index in [1.54, 1.807) is 9.47 Å². The number of hydrogen-bond acceptors (Lipinski definition) is 6. The normalized spacial score (nSPS) is 19.3. The fraction of sp³-hybridized carbons (Fsp3) is 0.435. The summed E-state index contributed by atoms with van der Waals surface area (Å²) in [6, 6.07) is 1.92. The van der Waals surface area contributed by atoms with Gasteiger partial charge in [-0.3, -0.25) is 4.79 Å². The SMILES string of the molecule is O=c1c(Cl)c(N2CCn3c(C(O)c4cc(C(F)(F)F)ccc4F)cnc3C2)cnn1C1CCCCO1. The van der Waals surface area contributed by atoms with Crippen molar-refractivity contribution in [3.8, 4) is 0 Å². The molecule has 1 fully saturated rings. The Labute approximate surface area is 207 Å². The van der Waals surface area contributed by atoms with Crippen LogP contribution in [-0.2, 0) is 24.0 Å². The zero-order chi connectivity index (χ0) is 25.6. The summed E-state index contributed by atoms with van der Waals surface area (Å²) < 4.78 is 62.1. The number of halogens is 5. The van der Waals surface area contributed by atoms with E-state index in [4.69, 9.17) is 16.3 Å². The highest BCUT2D eigenvalue weighted by Crippen LogP contribution is 2.35. The lowest BCUT2D eigenvalue weighted by Crippen LogP contribution is -2.37. The summed E-state index contributed by atoms with van der Waals surface area (Å²) in [5.41, 5.74) is -1.44. The van der Waals surface area contributed by atoms with E-state index in [2.05, 4.69) is 10.1 Å². The molecule has 0 spiro atoms. The highest BCUT2D eigenvalue weighted by Gasteiger charge is 2.33. The predicted octanol–water partition coefficient (Wildman–Crippen LogP) is 4.05. The minimum Gasteiger partial charge on any atom is -0.382 e. The van der Waals surface area contributed by atoms with Crippen molar-refractivity contribution in [2.24, 2.45) is 0 Å². The van der Waals surface area contributed by atoms with Gasteiger partial charge in [0.25, 0.3) is 5.56 Å². The monoisotopic (exact) mass is 527 g/mol. The molecule has 1 saturated heterocycles. The van der Waals surface area contributed by atoms with Gasteiger partial charge in [0.1, 0.15) is 22.8 Å². The number of aliphatic hydroxyl groups is 1. The van der Waals surface area contributed by atoms with Crippen LogP contribution in [0.3, 0.4) is 0 Å². The molecule has 5 rings (SSSR count). The minimum atomic E-state index is -4.68. The molecular formula is C23H22ClF4N5O3. The van der Waals surface area contributed by atoms with Crippen molar-refractivity contribution in [1.29, 1.82) is 0 Å². The number of imidazole rings is 1. The third kappa shape index (κ3) is 4.48. The lowest BCUT2D eigenvalue weighted by molar-refractivity contribution is -0.137. The first-order valence-corrected chi connectivity index (χ1v) is 11.8. The Morgan fingerprint density at radius 2 is 2.00 bits per heavy atom. The average molecular weight is 528 g/mol. The van der Waals surface area contributed by atoms with E-state index < -0.39 is 41.0 Å². The number of hydrogen-bond donors (Lipinski definition) is 1. The standard InChI is InChI=1S/C23H22ClF4N5O3/c24-20-16(11-30-33(22(20)35)19-3-1-2-8-36-19)31-6-7-32-17(10-29-18(32)12-31)21(34)14-9-13(23(26,27)28)4-5-15(14)25/h4-5,9-11,19,21,34H,1-3,6-8,12H2. The van der Waals surface area contributed by atoms with Crippen LogP contribution in [0.4, 0.5) is 23.2 Å². The number of benzene rings is 1. The largest absolute Gasteiger partial charge is 0.416 e. The van der Waals surface area contributed by atoms with Crippen molar-refractivity contribution >= 4 is 17.3 Å². The number of fused-ring (bicyclic) bond motifs is 1. The molecule has 0 saturated carbocycles. The third-order valence-electron chi connectivity index (χ3n) is 6.49. The molecule has 192 valence electrons. The molecule has 1 aromatic carbocycles. The lowest BCUT2D eigenvalue weighted by atomic mass is 10.0. The third-order valence-corrected chi connectivity index (χ3v) is 6.84. The number of rotatable bonds is 4. The molecule has 2 aromatic heterocycles. The van der Waals surface area contributed by atoms with Crippen molar-refractivity contribution in [2.75, 3.05) is 18.1 Å². The Bertz CT molecular complexity index is 1340. The van der Waals surface area contributed by atoms with Crippen LogP contribution in [0.15, 0.2) is 35.4 Å². The summed E-state index contributed by atoms with van der Waals surface area (Å²) in [5.74, 6) is -0.484. The van der Waals surface area contributed by atoms with Crippen LogP contribution in [0.5, 0.6) is 0 Å². The molecule has 0 bridgehead atoms. The summed E-state index contributed by atoms with van der Waals surface area (Å²) in [4.78, 5) is 18.9. The van der Waals surface area contributed by atoms with Gasteiger partial charge in [-0.1, -0.05) is 11.6 Å². The second-order valence-electron chi connectivity index (χ2n) is 8.72. The number of aliphatic hydroxyl groups excluding tert-OH is 1. The second-order valence-corrected chi connectivity index (χ2v) is 9.10. The lowest BCUT2D eigenvalue weighted by Gasteiger charge is -2.31. The highest BCUT2D eigenvalue weighted by atomic mass is 35.5. The Balaban J connectivity index is 1.39. The molecule has 36 heavy (non-hydrogen) atoms. The molecule has 2 unspecified atom stereocenters. The Kier molecular flexibility index (Phi) is 6.52. The second kappa shape index (κ2) is 9.49. The van der Waals surface area contributed by atoms with Crippen molar-refractivity contribution in [1.82, 2.24) is 19.3 Å². The number of alkyl halides is 3. The summed E-state index contributed by atoms with van der Waals surface area (Å²) in [7, 11) is 0. The molecule has 2 aliphatic heterocycles. The van der Waals surface area contributed by atoms with Crippen LogP contribution in [0.1, 0.15) is 54.2 Å². The molecule has 13 heteroatoms. The average Bonchev–Trinajstić information content (AvgIpc) is 3.28. The predicted molar refractivity (Wildman–Crippen MR) is 121 cm³/mol. The van der Waals surface area contributed by atoms with Gasteiger partial charge in [-0.15, -0.1) is 0 Å². The molecule has 2 atom stereocenters. The van der Waals surface area contributed by atoms with Crippen LogP contribution in [0.2, 0.25) is 5.02 Å². The molecule has 0 aliphatic carbocycles. The molecule has 3 aromatic rings. The van der Waals surface area contributed by atoms with E-state index in [-0.39, 0.29) is 23.8 Å². The van der Waals surface area contributed by atoms with Crippen molar-refractivity contribution < 1.29 is 27.4 Å². The first kappa shape index (κ1) is 24.7. The van der Waals surface area contributed by atoms with Crippen molar-refractivity contribution in [3.63, 3.8) is 0 Å². The van der Waals surface area contributed by atoms with E-state index in [0.717, 1.165) is 12.8 Å². The molecular weight excluding hydrogens is 506 g/mol. The molecule has 1 N–H and O–H groups in total. The van der Waals surface area contributed by atoms with E-state index >= 15 is 0 Å². The summed E-state index contributed by atoms with van der Waals surface area (Å²) >= 11 is 6.41. The van der Waals surface area contributed by atoms with Crippen LogP contribution in [0, 0.1) is 5.82 Å². The van der Waals surface area contributed by atoms with Gasteiger partial charge >= 0.3 is 6.18 Å². The van der Waals surface area contributed by atoms with Gasteiger partial charge in [0, 0.05) is 25.3 Å². The zero-order valence-electron chi connectivity index (χ0n) is 18.9. The maximum absolute atomic E-state index is 14.3. The van der Waals surface area contributed by atoms with Gasteiger partial charge in [-0.05, 0) is 37.5 Å². The first-order valence-electron chi connectivity index (χ1n) is 11.4. The molecule has 4 heterocycles. The van der Waals surface area contributed by atoms with Crippen molar-refractivity contribution in [2.45, 2.75) is 50.9 Å². The summed E-state index contributed by atoms with van der Waals surface area (Å²) in [6.07, 6.45) is -1.47. The van der Waals surface area contributed by atoms with E-state index in [9.17, 15) is 27.5 Å². The molecule has 8 nitrogen and oxygen atoms in total. The Hall–Kier alpha value is -2.96. The number of aromatic nitrogens is 4. The fourth-order valence-corrected chi connectivity index (χ4v) is 4.83. The number of anilines is 1. The van der Waals surface area contributed by atoms with E-state index in [1.807, 2.05) is 0 Å². The summed E-state index contributed by atoms with van der Waals surface area (Å²) in [5, 5.41) is 15.0. The maximum atomic E-state index is 14.3. The maximum Gasteiger partial charge on any atom is 0.416 e. The fourth-order valence-electron chi connectivity index (χ4n) is 4.57. The van der Waals surface area contributed by atoms with Gasteiger partial charge in [0.2, 0.25) is 0 Å². The number of nitrogens with zero attached hydrogens (tertiary/aromatic N) is 5. The minimum absolute atomic E-state index is 0.00882. The van der Waals surface area contributed by atoms with Gasteiger partial charge in [-0.2, -0.15) is 23.0 Å². The molecule has 2 aliphatic rings. The zero-order valence-corrected chi connectivity index (χ0v) is 19.6.